The lowest BCUT2D eigenvalue weighted by molar-refractivity contribution is -0.130. The summed E-state index contributed by atoms with van der Waals surface area (Å²) in [5.74, 6) is -1.10. The maximum Gasteiger partial charge on any atom is 0.339 e. The lowest BCUT2D eigenvalue weighted by Crippen LogP contribution is -2.52. The van der Waals surface area contributed by atoms with E-state index in [1.165, 1.54) is 6.92 Å². The Morgan fingerprint density at radius 2 is 1.96 bits per heavy atom. The minimum Gasteiger partial charge on any atom is -0.449 e. The van der Waals surface area contributed by atoms with E-state index in [9.17, 15) is 14.9 Å². The van der Waals surface area contributed by atoms with Crippen LogP contribution in [-0.4, -0.2) is 28.5 Å². The summed E-state index contributed by atoms with van der Waals surface area (Å²) in [5.41, 5.74) is 2.08. The fraction of sp³-hybridized carbons (Fsp3) is 0.455. The van der Waals surface area contributed by atoms with Crippen LogP contribution in [0, 0.1) is 17.2 Å². The summed E-state index contributed by atoms with van der Waals surface area (Å²) in [5, 5.41) is 12.8. The van der Waals surface area contributed by atoms with Gasteiger partial charge in [0, 0.05) is 11.1 Å². The highest BCUT2D eigenvalue weighted by Gasteiger charge is 2.33. The zero-order valence-corrected chi connectivity index (χ0v) is 16.7. The van der Waals surface area contributed by atoms with Gasteiger partial charge in [-0.25, -0.2) is 4.79 Å². The van der Waals surface area contributed by atoms with Gasteiger partial charge >= 0.3 is 5.97 Å². The Morgan fingerprint density at radius 1 is 1.25 bits per heavy atom. The molecule has 0 saturated heterocycles. The monoisotopic (exact) mass is 379 g/mol. The van der Waals surface area contributed by atoms with Crippen LogP contribution in [0.25, 0.3) is 10.9 Å². The number of hydrogen-bond donors (Lipinski definition) is 1. The Hall–Kier alpha value is -2.94. The van der Waals surface area contributed by atoms with Gasteiger partial charge in [-0.2, -0.15) is 5.26 Å². The van der Waals surface area contributed by atoms with Crippen molar-refractivity contribution in [3.05, 3.63) is 41.1 Å². The predicted molar refractivity (Wildman–Crippen MR) is 106 cm³/mol. The molecule has 0 unspecified atom stereocenters. The van der Waals surface area contributed by atoms with E-state index in [1.54, 1.807) is 6.92 Å². The summed E-state index contributed by atoms with van der Waals surface area (Å²) in [4.78, 5) is 30.2. The number of fused-ring (bicyclic) bond motifs is 2. The second-order valence-electron chi connectivity index (χ2n) is 7.79. The van der Waals surface area contributed by atoms with Gasteiger partial charge in [0.05, 0.1) is 17.1 Å². The summed E-state index contributed by atoms with van der Waals surface area (Å²) in [6.07, 6.45) is 1.55. The smallest absolute Gasteiger partial charge is 0.339 e. The molecule has 0 saturated carbocycles. The number of rotatable bonds is 5. The topological polar surface area (TPSA) is 92.1 Å². The molecule has 146 valence electrons. The Labute approximate surface area is 164 Å². The lowest BCUT2D eigenvalue weighted by Gasteiger charge is -2.28. The van der Waals surface area contributed by atoms with Crippen molar-refractivity contribution in [2.75, 3.05) is 0 Å². The third-order valence-corrected chi connectivity index (χ3v) is 5.55. The van der Waals surface area contributed by atoms with Gasteiger partial charge in [-0.05, 0) is 50.7 Å². The number of amides is 1. The Morgan fingerprint density at radius 3 is 2.64 bits per heavy atom. The molecule has 1 N–H and O–H groups in total. The molecule has 0 bridgehead atoms. The van der Waals surface area contributed by atoms with Crippen LogP contribution in [0.2, 0.25) is 0 Å². The highest BCUT2D eigenvalue weighted by molar-refractivity contribution is 6.06. The van der Waals surface area contributed by atoms with Crippen LogP contribution in [-0.2, 0) is 22.4 Å². The normalized spacial score (nSPS) is 16.1. The van der Waals surface area contributed by atoms with Gasteiger partial charge in [0.1, 0.15) is 5.54 Å². The van der Waals surface area contributed by atoms with Crippen molar-refractivity contribution >= 4 is 22.8 Å². The summed E-state index contributed by atoms with van der Waals surface area (Å²) < 4.78 is 5.51. The van der Waals surface area contributed by atoms with Gasteiger partial charge in [0.25, 0.3) is 5.91 Å². The van der Waals surface area contributed by atoms with Gasteiger partial charge in [-0.15, -0.1) is 0 Å². The molecule has 1 aliphatic rings. The number of para-hydroxylation sites is 1. The molecule has 2 atom stereocenters. The molecule has 1 aromatic heterocycles. The number of nitrogens with one attached hydrogen (secondary N) is 1. The van der Waals surface area contributed by atoms with Crippen LogP contribution < -0.4 is 5.32 Å². The molecule has 1 heterocycles. The van der Waals surface area contributed by atoms with Crippen molar-refractivity contribution in [1.29, 1.82) is 5.26 Å². The zero-order valence-electron chi connectivity index (χ0n) is 16.7. The number of esters is 1. The SMILES string of the molecule is CC(C)[C@@](C)(C#N)NC(=O)[C@@H](C)OC(=O)c1c2c(nc3ccccc13)CCC2. The van der Waals surface area contributed by atoms with Crippen LogP contribution in [0.4, 0.5) is 0 Å². The van der Waals surface area contributed by atoms with E-state index >= 15 is 0 Å². The quantitative estimate of drug-likeness (QED) is 0.805. The van der Waals surface area contributed by atoms with Crippen LogP contribution in [0.15, 0.2) is 24.3 Å². The number of aryl methyl sites for hydroxylation is 1. The molecule has 3 rings (SSSR count). The Balaban J connectivity index is 1.86. The van der Waals surface area contributed by atoms with E-state index in [1.807, 2.05) is 38.1 Å². The van der Waals surface area contributed by atoms with Crippen molar-refractivity contribution < 1.29 is 14.3 Å². The Kier molecular flexibility index (Phi) is 5.37. The number of carbonyl (C=O) groups is 2. The molecule has 2 aromatic rings. The minimum atomic E-state index is -1.03. The minimum absolute atomic E-state index is 0.0863. The molecule has 6 nitrogen and oxygen atoms in total. The molecule has 0 spiro atoms. The first-order chi connectivity index (χ1) is 13.3. The van der Waals surface area contributed by atoms with Gasteiger partial charge < -0.3 is 10.1 Å². The largest absolute Gasteiger partial charge is 0.449 e. The van der Waals surface area contributed by atoms with E-state index in [0.717, 1.165) is 41.4 Å². The third kappa shape index (κ3) is 3.57. The van der Waals surface area contributed by atoms with Crippen LogP contribution in [0.5, 0.6) is 0 Å². The number of nitriles is 1. The summed E-state index contributed by atoms with van der Waals surface area (Å²) in [7, 11) is 0. The van der Waals surface area contributed by atoms with Crippen LogP contribution in [0.3, 0.4) is 0 Å². The number of carbonyl (C=O) groups excluding carboxylic acids is 2. The molecule has 0 aliphatic heterocycles. The molecule has 1 aromatic carbocycles. The van der Waals surface area contributed by atoms with Crippen molar-refractivity contribution in [3.8, 4) is 6.07 Å². The summed E-state index contributed by atoms with van der Waals surface area (Å²) in [6, 6.07) is 9.60. The number of hydrogen-bond acceptors (Lipinski definition) is 5. The molecule has 6 heteroatoms. The first-order valence-electron chi connectivity index (χ1n) is 9.61. The third-order valence-electron chi connectivity index (χ3n) is 5.55. The number of ether oxygens (including phenoxy) is 1. The first kappa shape index (κ1) is 19.8. The van der Waals surface area contributed by atoms with Crippen molar-refractivity contribution in [2.45, 2.75) is 58.6 Å². The lowest BCUT2D eigenvalue weighted by atomic mass is 9.90. The van der Waals surface area contributed by atoms with Gasteiger partial charge in [-0.3, -0.25) is 9.78 Å². The van der Waals surface area contributed by atoms with E-state index in [-0.39, 0.29) is 5.92 Å². The molecule has 28 heavy (non-hydrogen) atoms. The fourth-order valence-electron chi connectivity index (χ4n) is 3.38. The highest BCUT2D eigenvalue weighted by Crippen LogP contribution is 2.30. The maximum atomic E-state index is 13.0. The molecule has 1 amide bonds. The molecule has 1 aliphatic carbocycles. The average molecular weight is 379 g/mol. The molecular weight excluding hydrogens is 354 g/mol. The zero-order chi connectivity index (χ0) is 20.5. The Bertz CT molecular complexity index is 977. The van der Waals surface area contributed by atoms with Crippen molar-refractivity contribution in [2.24, 2.45) is 5.92 Å². The number of benzene rings is 1. The second kappa shape index (κ2) is 7.59. The van der Waals surface area contributed by atoms with Crippen LogP contribution in [0.1, 0.15) is 55.7 Å². The highest BCUT2D eigenvalue weighted by atomic mass is 16.5. The average Bonchev–Trinajstić information content (AvgIpc) is 3.13. The van der Waals surface area contributed by atoms with Crippen LogP contribution >= 0.6 is 0 Å². The van der Waals surface area contributed by atoms with E-state index < -0.39 is 23.5 Å². The standard InChI is InChI=1S/C22H25N3O3/c1-13(2)22(4,12-23)25-20(26)14(3)28-21(27)19-15-8-5-6-10-17(15)24-18-11-7-9-16(18)19/h5-6,8,10,13-14H,7,9,11H2,1-4H3,(H,25,26)/t14-,22-/m1/s1. The summed E-state index contributed by atoms with van der Waals surface area (Å²) in [6.45, 7) is 6.89. The van der Waals surface area contributed by atoms with E-state index in [2.05, 4.69) is 16.4 Å². The van der Waals surface area contributed by atoms with Crippen molar-refractivity contribution in [1.82, 2.24) is 10.3 Å². The number of pyridine rings is 1. The predicted octanol–water partition coefficient (Wildman–Crippen LogP) is 3.32. The van der Waals surface area contributed by atoms with Gasteiger partial charge in [-0.1, -0.05) is 32.0 Å². The van der Waals surface area contributed by atoms with E-state index in [0.29, 0.717) is 5.56 Å². The molecule has 0 fully saturated rings. The van der Waals surface area contributed by atoms with Gasteiger partial charge in [0.2, 0.25) is 0 Å². The van der Waals surface area contributed by atoms with Gasteiger partial charge in [0.15, 0.2) is 6.10 Å². The number of nitrogens with zero attached hydrogens (tertiary/aromatic N) is 2. The summed E-state index contributed by atoms with van der Waals surface area (Å²) >= 11 is 0. The molecule has 0 radical (unpaired) electrons. The molecular formula is C22H25N3O3. The maximum absolute atomic E-state index is 13.0. The second-order valence-corrected chi connectivity index (χ2v) is 7.79. The first-order valence-corrected chi connectivity index (χ1v) is 9.61. The number of aromatic nitrogens is 1. The fourth-order valence-corrected chi connectivity index (χ4v) is 3.38. The van der Waals surface area contributed by atoms with Crippen molar-refractivity contribution in [3.63, 3.8) is 0 Å². The van der Waals surface area contributed by atoms with E-state index in [4.69, 9.17) is 4.74 Å².